The van der Waals surface area contributed by atoms with E-state index in [0.29, 0.717) is 25.8 Å². The number of Topliss-reactive ketones (excluding diaryl/α,β-unsaturated/α-hetero) is 1. The predicted octanol–water partition coefficient (Wildman–Crippen LogP) is 3.77. The molecule has 0 bridgehead atoms. The zero-order valence-corrected chi connectivity index (χ0v) is 13.6. The summed E-state index contributed by atoms with van der Waals surface area (Å²) < 4.78 is 0. The number of thiophene rings is 1. The van der Waals surface area contributed by atoms with Crippen LogP contribution < -0.4 is 5.32 Å². The van der Waals surface area contributed by atoms with E-state index in [0.717, 1.165) is 11.3 Å². The smallest absolute Gasteiger partial charge is 0.220 e. The van der Waals surface area contributed by atoms with Gasteiger partial charge in [0.15, 0.2) is 5.78 Å². The maximum atomic E-state index is 11.8. The molecule has 0 aliphatic rings. The summed E-state index contributed by atoms with van der Waals surface area (Å²) in [5.41, 5.74) is 2.46. The lowest BCUT2D eigenvalue weighted by Crippen LogP contribution is -2.25. The second-order valence-electron chi connectivity index (χ2n) is 5.34. The summed E-state index contributed by atoms with van der Waals surface area (Å²) >= 11 is 1.45. The largest absolute Gasteiger partial charge is 0.356 e. The van der Waals surface area contributed by atoms with Crippen molar-refractivity contribution < 1.29 is 9.59 Å². The Hall–Kier alpha value is -1.94. The van der Waals surface area contributed by atoms with Gasteiger partial charge in [-0.05, 0) is 36.8 Å². The second kappa shape index (κ2) is 8.49. The highest BCUT2D eigenvalue weighted by atomic mass is 32.1. The maximum absolute atomic E-state index is 11.8. The van der Waals surface area contributed by atoms with Crippen molar-refractivity contribution in [1.82, 2.24) is 5.32 Å². The fraction of sp³-hybridized carbons (Fsp3) is 0.333. The molecule has 22 heavy (non-hydrogen) atoms. The van der Waals surface area contributed by atoms with Crippen LogP contribution in [0.15, 0.2) is 41.8 Å². The molecule has 1 aromatic carbocycles. The normalized spacial score (nSPS) is 10.4. The van der Waals surface area contributed by atoms with Gasteiger partial charge in [0, 0.05) is 19.4 Å². The van der Waals surface area contributed by atoms with Crippen LogP contribution in [0.25, 0.3) is 0 Å². The molecule has 0 atom stereocenters. The van der Waals surface area contributed by atoms with E-state index in [2.05, 4.69) is 30.4 Å². The third-order valence-corrected chi connectivity index (χ3v) is 4.33. The molecule has 2 rings (SSSR count). The van der Waals surface area contributed by atoms with Gasteiger partial charge in [-0.25, -0.2) is 0 Å². The van der Waals surface area contributed by atoms with Crippen LogP contribution in [-0.4, -0.2) is 18.2 Å². The van der Waals surface area contributed by atoms with Crippen LogP contribution in [-0.2, 0) is 11.2 Å². The Kier molecular flexibility index (Phi) is 6.34. The maximum Gasteiger partial charge on any atom is 0.220 e. The van der Waals surface area contributed by atoms with Crippen LogP contribution >= 0.6 is 11.3 Å². The van der Waals surface area contributed by atoms with Crippen molar-refractivity contribution in [2.24, 2.45) is 0 Å². The number of carbonyl (C=O) groups is 2. The number of hydrogen-bond donors (Lipinski definition) is 1. The summed E-state index contributed by atoms with van der Waals surface area (Å²) in [4.78, 5) is 24.3. The molecule has 1 N–H and O–H groups in total. The van der Waals surface area contributed by atoms with Gasteiger partial charge in [-0.1, -0.05) is 35.9 Å². The lowest BCUT2D eigenvalue weighted by molar-refractivity contribution is -0.121. The molecule has 1 heterocycles. The molecule has 1 aromatic heterocycles. The number of hydrogen-bond acceptors (Lipinski definition) is 3. The van der Waals surface area contributed by atoms with Crippen LogP contribution in [0.4, 0.5) is 0 Å². The van der Waals surface area contributed by atoms with Gasteiger partial charge in [0.2, 0.25) is 5.91 Å². The Morgan fingerprint density at radius 1 is 1.14 bits per heavy atom. The molecule has 0 radical (unpaired) electrons. The lowest BCUT2D eigenvalue weighted by atomic mass is 10.1. The SMILES string of the molecule is Cc1cccc(CCNC(=O)CCCC(=O)c2cccs2)c1. The van der Waals surface area contributed by atoms with E-state index in [1.165, 1.54) is 22.5 Å². The van der Waals surface area contributed by atoms with E-state index in [4.69, 9.17) is 0 Å². The van der Waals surface area contributed by atoms with Gasteiger partial charge in [0.05, 0.1) is 4.88 Å². The summed E-state index contributed by atoms with van der Waals surface area (Å²) in [6.45, 7) is 2.70. The minimum atomic E-state index is 0.0200. The van der Waals surface area contributed by atoms with Gasteiger partial charge in [-0.15, -0.1) is 11.3 Å². The van der Waals surface area contributed by atoms with Crippen molar-refractivity contribution >= 4 is 23.0 Å². The van der Waals surface area contributed by atoms with E-state index in [1.54, 1.807) is 0 Å². The van der Waals surface area contributed by atoms with Crippen molar-refractivity contribution in [1.29, 1.82) is 0 Å². The molecular weight excluding hydrogens is 294 g/mol. The van der Waals surface area contributed by atoms with Crippen molar-refractivity contribution in [3.63, 3.8) is 0 Å². The van der Waals surface area contributed by atoms with Gasteiger partial charge in [0.25, 0.3) is 0 Å². The summed E-state index contributed by atoms with van der Waals surface area (Å²) in [6, 6.07) is 12.0. The molecule has 2 aromatic rings. The van der Waals surface area contributed by atoms with Gasteiger partial charge in [0.1, 0.15) is 0 Å². The fourth-order valence-corrected chi connectivity index (χ4v) is 2.97. The molecule has 1 amide bonds. The fourth-order valence-electron chi connectivity index (χ4n) is 2.27. The van der Waals surface area contributed by atoms with Crippen molar-refractivity contribution in [2.75, 3.05) is 6.54 Å². The minimum Gasteiger partial charge on any atom is -0.356 e. The quantitative estimate of drug-likeness (QED) is 0.754. The van der Waals surface area contributed by atoms with Crippen LogP contribution in [0.2, 0.25) is 0 Å². The summed E-state index contributed by atoms with van der Waals surface area (Å²) in [5.74, 6) is 0.147. The Morgan fingerprint density at radius 3 is 2.73 bits per heavy atom. The molecule has 0 aliphatic heterocycles. The molecule has 3 nitrogen and oxygen atoms in total. The first-order valence-corrected chi connectivity index (χ1v) is 8.42. The van der Waals surface area contributed by atoms with Crippen molar-refractivity contribution in [2.45, 2.75) is 32.6 Å². The van der Waals surface area contributed by atoms with Crippen LogP contribution in [0, 0.1) is 6.92 Å². The van der Waals surface area contributed by atoms with E-state index in [1.807, 2.05) is 23.6 Å². The van der Waals surface area contributed by atoms with Gasteiger partial charge in [-0.2, -0.15) is 0 Å². The molecule has 0 aliphatic carbocycles. The third-order valence-electron chi connectivity index (χ3n) is 3.42. The summed E-state index contributed by atoms with van der Waals surface area (Å²) in [5, 5.41) is 4.81. The molecular formula is C18H21NO2S. The molecule has 0 unspecified atom stereocenters. The van der Waals surface area contributed by atoms with E-state index in [9.17, 15) is 9.59 Å². The number of carbonyl (C=O) groups excluding carboxylic acids is 2. The molecule has 116 valence electrons. The average Bonchev–Trinajstić information content (AvgIpc) is 3.01. The molecule has 0 fully saturated rings. The number of rotatable bonds is 8. The Balaban J connectivity index is 1.61. The van der Waals surface area contributed by atoms with Crippen LogP contribution in [0.5, 0.6) is 0 Å². The Labute approximate surface area is 135 Å². The van der Waals surface area contributed by atoms with Gasteiger partial charge < -0.3 is 5.32 Å². The third kappa shape index (κ3) is 5.45. The summed E-state index contributed by atoms with van der Waals surface area (Å²) in [6.07, 6.45) is 2.28. The van der Waals surface area contributed by atoms with E-state index < -0.39 is 0 Å². The molecule has 4 heteroatoms. The van der Waals surface area contributed by atoms with Crippen molar-refractivity contribution in [3.05, 3.63) is 57.8 Å². The second-order valence-corrected chi connectivity index (χ2v) is 6.29. The topological polar surface area (TPSA) is 46.2 Å². The zero-order chi connectivity index (χ0) is 15.8. The Morgan fingerprint density at radius 2 is 2.00 bits per heavy atom. The first kappa shape index (κ1) is 16.4. The average molecular weight is 315 g/mol. The van der Waals surface area contributed by atoms with Crippen LogP contribution in [0.3, 0.4) is 0 Å². The monoisotopic (exact) mass is 315 g/mol. The highest BCUT2D eigenvalue weighted by molar-refractivity contribution is 7.12. The number of nitrogens with one attached hydrogen (secondary N) is 1. The molecule has 0 saturated heterocycles. The lowest BCUT2D eigenvalue weighted by Gasteiger charge is -2.06. The number of amides is 1. The molecule has 0 spiro atoms. The highest BCUT2D eigenvalue weighted by Crippen LogP contribution is 2.13. The number of ketones is 1. The minimum absolute atomic E-state index is 0.0200. The summed E-state index contributed by atoms with van der Waals surface area (Å²) in [7, 11) is 0. The Bertz CT molecular complexity index is 620. The van der Waals surface area contributed by atoms with E-state index in [-0.39, 0.29) is 11.7 Å². The van der Waals surface area contributed by atoms with Gasteiger partial charge in [-0.3, -0.25) is 9.59 Å². The first-order chi connectivity index (χ1) is 10.6. The highest BCUT2D eigenvalue weighted by Gasteiger charge is 2.08. The zero-order valence-electron chi connectivity index (χ0n) is 12.8. The van der Waals surface area contributed by atoms with Crippen LogP contribution in [0.1, 0.15) is 40.1 Å². The number of aryl methyl sites for hydroxylation is 1. The first-order valence-electron chi connectivity index (χ1n) is 7.54. The predicted molar refractivity (Wildman–Crippen MR) is 90.4 cm³/mol. The molecule has 0 saturated carbocycles. The van der Waals surface area contributed by atoms with Crippen molar-refractivity contribution in [3.8, 4) is 0 Å². The van der Waals surface area contributed by atoms with E-state index >= 15 is 0 Å². The number of benzene rings is 1. The van der Waals surface area contributed by atoms with Gasteiger partial charge >= 0.3 is 0 Å². The standard InChI is InChI=1S/C18H21NO2S/c1-14-5-2-6-15(13-14)10-11-19-18(21)9-3-7-16(20)17-8-4-12-22-17/h2,4-6,8,12-13H,3,7,9-11H2,1H3,(H,19,21).